The van der Waals surface area contributed by atoms with E-state index in [1.54, 1.807) is 6.20 Å². The smallest absolute Gasteiger partial charge is 0.191 e. The van der Waals surface area contributed by atoms with Crippen molar-refractivity contribution in [3.63, 3.8) is 0 Å². The maximum absolute atomic E-state index is 6.08. The van der Waals surface area contributed by atoms with Crippen molar-refractivity contribution in [1.82, 2.24) is 35.6 Å². The van der Waals surface area contributed by atoms with Gasteiger partial charge < -0.3 is 10.6 Å². The molecule has 8 nitrogen and oxygen atoms in total. The number of aliphatic imine (C=N–C) groups is 1. The van der Waals surface area contributed by atoms with Gasteiger partial charge in [0.1, 0.15) is 6.33 Å². The average molecular weight is 449 g/mol. The van der Waals surface area contributed by atoms with Gasteiger partial charge in [-0.15, -0.1) is 0 Å². The zero-order valence-electron chi connectivity index (χ0n) is 17.7. The summed E-state index contributed by atoms with van der Waals surface area (Å²) < 4.78 is 1.93. The Morgan fingerprint density at radius 1 is 1.16 bits per heavy atom. The van der Waals surface area contributed by atoms with E-state index in [0.29, 0.717) is 18.1 Å². The highest BCUT2D eigenvalue weighted by atomic mass is 35.5. The fourth-order valence-electron chi connectivity index (χ4n) is 3.38. The molecule has 1 unspecified atom stereocenters. The second-order valence-electron chi connectivity index (χ2n) is 7.16. The zero-order chi connectivity index (χ0) is 22.2. The molecule has 0 aliphatic rings. The third kappa shape index (κ3) is 5.53. The molecule has 0 bridgehead atoms. The van der Waals surface area contributed by atoms with Crippen LogP contribution in [0.4, 0.5) is 0 Å². The molecule has 2 aromatic heterocycles. The van der Waals surface area contributed by atoms with Crippen LogP contribution in [0.5, 0.6) is 0 Å². The Balaban J connectivity index is 1.48. The van der Waals surface area contributed by atoms with E-state index in [9.17, 15) is 0 Å². The van der Waals surface area contributed by atoms with E-state index in [0.717, 1.165) is 35.0 Å². The third-order valence-corrected chi connectivity index (χ3v) is 5.19. The molecule has 0 saturated heterocycles. The molecule has 0 fully saturated rings. The Morgan fingerprint density at radius 3 is 2.75 bits per heavy atom. The van der Waals surface area contributed by atoms with E-state index in [-0.39, 0.29) is 6.04 Å². The molecule has 0 saturated carbocycles. The molecule has 3 N–H and O–H groups in total. The quantitative estimate of drug-likeness (QED) is 0.282. The lowest BCUT2D eigenvalue weighted by molar-refractivity contribution is 0.511. The minimum absolute atomic E-state index is 0.000836. The van der Waals surface area contributed by atoms with Crippen LogP contribution in [0.25, 0.3) is 11.4 Å². The lowest BCUT2D eigenvalue weighted by Crippen LogP contribution is -2.40. The molecule has 0 spiro atoms. The van der Waals surface area contributed by atoms with Crippen LogP contribution in [-0.2, 0) is 6.54 Å². The van der Waals surface area contributed by atoms with Crippen molar-refractivity contribution in [3.05, 3.63) is 89.5 Å². The molecule has 2 heterocycles. The first-order chi connectivity index (χ1) is 15.7. The van der Waals surface area contributed by atoms with Crippen LogP contribution in [0.1, 0.15) is 24.1 Å². The number of aromatic nitrogens is 5. The van der Waals surface area contributed by atoms with Crippen LogP contribution >= 0.6 is 11.6 Å². The van der Waals surface area contributed by atoms with E-state index in [4.69, 9.17) is 16.6 Å². The van der Waals surface area contributed by atoms with Crippen molar-refractivity contribution >= 4 is 17.6 Å². The van der Waals surface area contributed by atoms with Crippen molar-refractivity contribution in [2.24, 2.45) is 4.99 Å². The van der Waals surface area contributed by atoms with Gasteiger partial charge in [0.15, 0.2) is 11.8 Å². The predicted octanol–water partition coefficient (Wildman–Crippen LogP) is 3.67. The number of benzene rings is 2. The minimum atomic E-state index is 0.000836. The Bertz CT molecular complexity index is 1120. The molecule has 4 rings (SSSR count). The van der Waals surface area contributed by atoms with Gasteiger partial charge in [-0.2, -0.15) is 10.2 Å². The fraction of sp³-hybridized carbons (Fsp3) is 0.217. The van der Waals surface area contributed by atoms with Crippen LogP contribution < -0.4 is 10.6 Å². The normalized spacial score (nSPS) is 12.5. The summed E-state index contributed by atoms with van der Waals surface area (Å²) in [5, 5.41) is 18.7. The fourth-order valence-corrected chi connectivity index (χ4v) is 3.51. The second-order valence-corrected chi connectivity index (χ2v) is 7.60. The Morgan fingerprint density at radius 2 is 2.03 bits per heavy atom. The predicted molar refractivity (Wildman–Crippen MR) is 126 cm³/mol. The molecule has 0 aliphatic carbocycles. The van der Waals surface area contributed by atoms with E-state index in [1.165, 1.54) is 6.33 Å². The number of halogens is 1. The largest absolute Gasteiger partial charge is 0.357 e. The summed E-state index contributed by atoms with van der Waals surface area (Å²) in [6.45, 7) is 3.96. The molecular weight excluding hydrogens is 424 g/mol. The summed E-state index contributed by atoms with van der Waals surface area (Å²) in [6.07, 6.45) is 5.24. The summed E-state index contributed by atoms with van der Waals surface area (Å²) >= 11 is 6.08. The number of aromatic amines is 1. The van der Waals surface area contributed by atoms with Gasteiger partial charge in [-0.05, 0) is 42.3 Å². The molecule has 0 aliphatic heterocycles. The topological polar surface area (TPSA) is 95.8 Å². The molecule has 1 atom stereocenters. The Kier molecular flexibility index (Phi) is 7.14. The number of hydrogen-bond donors (Lipinski definition) is 3. The summed E-state index contributed by atoms with van der Waals surface area (Å²) in [5.41, 5.74) is 3.17. The number of nitrogens with one attached hydrogen (secondary N) is 3. The van der Waals surface area contributed by atoms with Crippen molar-refractivity contribution < 1.29 is 0 Å². The van der Waals surface area contributed by atoms with Crippen LogP contribution in [-0.4, -0.2) is 44.0 Å². The summed E-state index contributed by atoms with van der Waals surface area (Å²) in [5.74, 6) is 1.48. The zero-order valence-corrected chi connectivity index (χ0v) is 18.5. The second kappa shape index (κ2) is 10.6. The van der Waals surface area contributed by atoms with Crippen molar-refractivity contribution in [2.45, 2.75) is 19.5 Å². The molecular formula is C23H25ClN8. The molecule has 4 aromatic rings. The van der Waals surface area contributed by atoms with E-state index in [1.807, 2.05) is 66.3 Å². The molecule has 0 amide bonds. The highest BCUT2D eigenvalue weighted by Crippen LogP contribution is 2.20. The first kappa shape index (κ1) is 21.6. The molecule has 0 radical (unpaired) electrons. The highest BCUT2D eigenvalue weighted by Gasteiger charge is 2.15. The summed E-state index contributed by atoms with van der Waals surface area (Å²) in [7, 11) is 0. The van der Waals surface area contributed by atoms with Gasteiger partial charge in [0.2, 0.25) is 0 Å². The monoisotopic (exact) mass is 448 g/mol. The van der Waals surface area contributed by atoms with Gasteiger partial charge >= 0.3 is 0 Å². The van der Waals surface area contributed by atoms with Crippen LogP contribution in [0.3, 0.4) is 0 Å². The lowest BCUT2D eigenvalue weighted by Gasteiger charge is -2.20. The van der Waals surface area contributed by atoms with Crippen LogP contribution in [0.15, 0.2) is 78.3 Å². The maximum atomic E-state index is 6.08. The Hall–Kier alpha value is -3.65. The summed E-state index contributed by atoms with van der Waals surface area (Å²) in [6, 6.07) is 17.9. The van der Waals surface area contributed by atoms with E-state index >= 15 is 0 Å². The minimum Gasteiger partial charge on any atom is -0.357 e. The van der Waals surface area contributed by atoms with Gasteiger partial charge in [-0.1, -0.05) is 41.9 Å². The van der Waals surface area contributed by atoms with Crippen molar-refractivity contribution in [2.75, 3.05) is 13.1 Å². The molecule has 164 valence electrons. The molecule has 2 aromatic carbocycles. The van der Waals surface area contributed by atoms with E-state index in [2.05, 4.69) is 37.0 Å². The highest BCUT2D eigenvalue weighted by molar-refractivity contribution is 6.30. The Labute approximate surface area is 191 Å². The van der Waals surface area contributed by atoms with Crippen molar-refractivity contribution in [1.29, 1.82) is 0 Å². The van der Waals surface area contributed by atoms with Gasteiger partial charge in [-0.25, -0.2) is 9.98 Å². The first-order valence-electron chi connectivity index (χ1n) is 10.4. The number of guanidine groups is 1. The first-order valence-corrected chi connectivity index (χ1v) is 10.8. The van der Waals surface area contributed by atoms with Gasteiger partial charge in [-0.3, -0.25) is 9.78 Å². The standard InChI is InChI=1S/C23H25ClN8/c1-2-25-23(26-14-17-5-3-6-19(13-17)22-28-16-29-31-22)27-15-21(32-12-4-11-30-32)18-7-9-20(24)10-8-18/h3-13,16,21H,2,14-15H2,1H3,(H2,25,26,27)(H,28,29,31). The number of hydrogen-bond acceptors (Lipinski definition) is 4. The molecule has 32 heavy (non-hydrogen) atoms. The average Bonchev–Trinajstić information content (AvgIpc) is 3.54. The maximum Gasteiger partial charge on any atom is 0.191 e. The number of nitrogens with zero attached hydrogens (tertiary/aromatic N) is 5. The van der Waals surface area contributed by atoms with Gasteiger partial charge in [0.05, 0.1) is 12.6 Å². The van der Waals surface area contributed by atoms with E-state index < -0.39 is 0 Å². The van der Waals surface area contributed by atoms with Gasteiger partial charge in [0.25, 0.3) is 0 Å². The summed E-state index contributed by atoms with van der Waals surface area (Å²) in [4.78, 5) is 8.98. The number of rotatable bonds is 8. The third-order valence-electron chi connectivity index (χ3n) is 4.94. The van der Waals surface area contributed by atoms with Crippen LogP contribution in [0.2, 0.25) is 5.02 Å². The molecule has 9 heteroatoms. The van der Waals surface area contributed by atoms with Crippen molar-refractivity contribution in [3.8, 4) is 11.4 Å². The van der Waals surface area contributed by atoms with Gasteiger partial charge in [0, 0.05) is 36.1 Å². The SMILES string of the molecule is CCNC(=NCc1cccc(-c2ncn[nH]2)c1)NCC(c1ccc(Cl)cc1)n1cccn1. The van der Waals surface area contributed by atoms with Crippen LogP contribution in [0, 0.1) is 0 Å². The lowest BCUT2D eigenvalue weighted by atomic mass is 10.1. The number of H-pyrrole nitrogens is 1.